The predicted molar refractivity (Wildman–Crippen MR) is 74.1 cm³/mol. The number of anilines is 1. The number of nitrogens with zero attached hydrogens (tertiary/aromatic N) is 2. The molecule has 2 rings (SSSR count). The van der Waals surface area contributed by atoms with E-state index in [0.29, 0.717) is 37.4 Å². The Morgan fingerprint density at radius 1 is 1.35 bits per heavy atom. The van der Waals surface area contributed by atoms with Crippen molar-refractivity contribution >= 4 is 17.3 Å². The van der Waals surface area contributed by atoms with Crippen molar-refractivity contribution in [2.45, 2.75) is 13.8 Å². The summed E-state index contributed by atoms with van der Waals surface area (Å²) in [6.07, 6.45) is 0. The molecule has 0 aromatic heterocycles. The van der Waals surface area contributed by atoms with E-state index in [1.165, 1.54) is 6.07 Å². The first-order valence-corrected chi connectivity index (χ1v) is 6.34. The topological polar surface area (TPSA) is 98.7 Å². The molecule has 1 saturated heterocycles. The average molecular weight is 279 g/mol. The molecular weight excluding hydrogens is 262 g/mol. The van der Waals surface area contributed by atoms with Crippen LogP contribution >= 0.6 is 0 Å². The molecule has 1 aliphatic heterocycles. The first-order chi connectivity index (χ1) is 9.43. The zero-order valence-corrected chi connectivity index (χ0v) is 11.5. The number of benzene rings is 1. The number of hydrogen-bond donors (Lipinski definition) is 1. The maximum absolute atomic E-state index is 11.5. The van der Waals surface area contributed by atoms with Crippen LogP contribution in [0, 0.1) is 24.0 Å². The predicted octanol–water partition coefficient (Wildman–Crippen LogP) is 1.15. The number of morpholine rings is 1. The Morgan fingerprint density at radius 3 is 2.45 bits per heavy atom. The summed E-state index contributed by atoms with van der Waals surface area (Å²) in [5.74, 6) is -0.653. The van der Waals surface area contributed by atoms with E-state index in [4.69, 9.17) is 10.5 Å². The molecule has 1 aromatic carbocycles. The van der Waals surface area contributed by atoms with Gasteiger partial charge in [0, 0.05) is 19.2 Å². The van der Waals surface area contributed by atoms with Crippen molar-refractivity contribution < 1.29 is 14.5 Å². The van der Waals surface area contributed by atoms with E-state index >= 15 is 0 Å². The number of primary amides is 1. The summed E-state index contributed by atoms with van der Waals surface area (Å²) >= 11 is 0. The molecule has 108 valence electrons. The van der Waals surface area contributed by atoms with E-state index in [0.717, 1.165) is 5.69 Å². The fourth-order valence-electron chi connectivity index (χ4n) is 2.59. The van der Waals surface area contributed by atoms with Crippen molar-refractivity contribution in [3.05, 3.63) is 32.9 Å². The second-order valence-electron chi connectivity index (χ2n) is 4.76. The third-order valence-corrected chi connectivity index (χ3v) is 3.57. The molecule has 0 atom stereocenters. The lowest BCUT2D eigenvalue weighted by atomic mass is 9.99. The summed E-state index contributed by atoms with van der Waals surface area (Å²) < 4.78 is 5.29. The molecule has 1 amide bonds. The second kappa shape index (κ2) is 5.46. The van der Waals surface area contributed by atoms with Crippen molar-refractivity contribution in [3.8, 4) is 0 Å². The highest BCUT2D eigenvalue weighted by Crippen LogP contribution is 2.35. The third kappa shape index (κ3) is 2.44. The highest BCUT2D eigenvalue weighted by molar-refractivity contribution is 5.97. The van der Waals surface area contributed by atoms with Crippen molar-refractivity contribution in [1.82, 2.24) is 0 Å². The zero-order valence-electron chi connectivity index (χ0n) is 11.5. The molecule has 0 bridgehead atoms. The summed E-state index contributed by atoms with van der Waals surface area (Å²) in [5, 5.41) is 11.2. The van der Waals surface area contributed by atoms with E-state index in [1.54, 1.807) is 13.8 Å². The minimum atomic E-state index is -0.653. The second-order valence-corrected chi connectivity index (χ2v) is 4.76. The molecule has 7 nitrogen and oxygen atoms in total. The van der Waals surface area contributed by atoms with Crippen LogP contribution in [0.25, 0.3) is 0 Å². The van der Waals surface area contributed by atoms with Gasteiger partial charge in [0.15, 0.2) is 0 Å². The van der Waals surface area contributed by atoms with E-state index < -0.39 is 10.8 Å². The number of ether oxygens (including phenoxy) is 1. The first-order valence-electron chi connectivity index (χ1n) is 6.34. The molecule has 2 N–H and O–H groups in total. The number of nitro groups is 1. The number of carbonyl (C=O) groups excluding carboxylic acids is 1. The SMILES string of the molecule is Cc1c(C(N)=O)cc([N+](=O)[O-])c(C)c1N1CCOCC1. The van der Waals surface area contributed by atoms with Gasteiger partial charge in [-0.1, -0.05) is 0 Å². The van der Waals surface area contributed by atoms with Gasteiger partial charge in [0.2, 0.25) is 5.91 Å². The van der Waals surface area contributed by atoms with E-state index in [1.807, 2.05) is 4.90 Å². The molecular formula is C13H17N3O4. The molecule has 0 unspecified atom stereocenters. The monoisotopic (exact) mass is 279 g/mol. The normalized spacial score (nSPS) is 15.2. The van der Waals surface area contributed by atoms with Crippen LogP contribution in [0.15, 0.2) is 6.07 Å². The lowest BCUT2D eigenvalue weighted by Crippen LogP contribution is -2.37. The van der Waals surface area contributed by atoms with Crippen LogP contribution in [0.5, 0.6) is 0 Å². The maximum Gasteiger partial charge on any atom is 0.275 e. The molecule has 0 spiro atoms. The lowest BCUT2D eigenvalue weighted by Gasteiger charge is -2.31. The molecule has 20 heavy (non-hydrogen) atoms. The number of rotatable bonds is 3. The standard InChI is InChI=1S/C13H17N3O4/c1-8-10(13(14)17)7-11(16(18)19)9(2)12(8)15-3-5-20-6-4-15/h7H,3-6H2,1-2H3,(H2,14,17). The van der Waals surface area contributed by atoms with Crippen LogP contribution in [0.2, 0.25) is 0 Å². The molecule has 1 heterocycles. The summed E-state index contributed by atoms with van der Waals surface area (Å²) in [7, 11) is 0. The van der Waals surface area contributed by atoms with Crippen LogP contribution in [0.4, 0.5) is 11.4 Å². The van der Waals surface area contributed by atoms with Gasteiger partial charge >= 0.3 is 0 Å². The average Bonchev–Trinajstić information content (AvgIpc) is 2.39. The number of hydrogen-bond acceptors (Lipinski definition) is 5. The van der Waals surface area contributed by atoms with Crippen molar-refractivity contribution in [2.75, 3.05) is 31.2 Å². The smallest absolute Gasteiger partial charge is 0.275 e. The fourth-order valence-corrected chi connectivity index (χ4v) is 2.59. The zero-order chi connectivity index (χ0) is 14.9. The quantitative estimate of drug-likeness (QED) is 0.661. The summed E-state index contributed by atoms with van der Waals surface area (Å²) in [6.45, 7) is 5.87. The summed E-state index contributed by atoms with van der Waals surface area (Å²) in [5.41, 5.74) is 7.40. The molecule has 0 saturated carbocycles. The number of nitro benzene ring substituents is 1. The van der Waals surface area contributed by atoms with Gasteiger partial charge in [-0.2, -0.15) is 0 Å². The minimum Gasteiger partial charge on any atom is -0.378 e. The van der Waals surface area contributed by atoms with Gasteiger partial charge in [-0.15, -0.1) is 0 Å². The Morgan fingerprint density at radius 2 is 1.95 bits per heavy atom. The Labute approximate surface area is 116 Å². The van der Waals surface area contributed by atoms with Gasteiger partial charge in [-0.25, -0.2) is 0 Å². The Kier molecular flexibility index (Phi) is 3.89. The van der Waals surface area contributed by atoms with Crippen molar-refractivity contribution in [1.29, 1.82) is 0 Å². The Balaban J connectivity index is 2.63. The number of nitrogens with two attached hydrogens (primary N) is 1. The fraction of sp³-hybridized carbons (Fsp3) is 0.462. The Hall–Kier alpha value is -2.15. The molecule has 0 radical (unpaired) electrons. The molecule has 1 aromatic rings. The van der Waals surface area contributed by atoms with Gasteiger partial charge in [0.25, 0.3) is 5.69 Å². The largest absolute Gasteiger partial charge is 0.378 e. The van der Waals surface area contributed by atoms with Gasteiger partial charge in [0.05, 0.1) is 35.0 Å². The van der Waals surface area contributed by atoms with Crippen molar-refractivity contribution in [2.24, 2.45) is 5.73 Å². The highest BCUT2D eigenvalue weighted by Gasteiger charge is 2.25. The molecule has 1 fully saturated rings. The van der Waals surface area contributed by atoms with E-state index in [-0.39, 0.29) is 11.3 Å². The number of amides is 1. The van der Waals surface area contributed by atoms with Crippen LogP contribution in [0.1, 0.15) is 21.5 Å². The molecule has 0 aliphatic carbocycles. The maximum atomic E-state index is 11.5. The summed E-state index contributed by atoms with van der Waals surface area (Å²) in [6, 6.07) is 1.26. The number of carbonyl (C=O) groups is 1. The van der Waals surface area contributed by atoms with Gasteiger partial charge < -0.3 is 15.4 Å². The minimum absolute atomic E-state index is 0.0779. The molecule has 7 heteroatoms. The summed E-state index contributed by atoms with van der Waals surface area (Å²) in [4.78, 5) is 24.2. The van der Waals surface area contributed by atoms with Crippen LogP contribution in [-0.4, -0.2) is 37.1 Å². The van der Waals surface area contributed by atoms with Gasteiger partial charge in [0.1, 0.15) is 0 Å². The highest BCUT2D eigenvalue weighted by atomic mass is 16.6. The van der Waals surface area contributed by atoms with Crippen molar-refractivity contribution in [3.63, 3.8) is 0 Å². The van der Waals surface area contributed by atoms with Crippen LogP contribution < -0.4 is 10.6 Å². The molecule has 1 aliphatic rings. The van der Waals surface area contributed by atoms with E-state index in [2.05, 4.69) is 0 Å². The Bertz CT molecular complexity index is 527. The van der Waals surface area contributed by atoms with Gasteiger partial charge in [-0.3, -0.25) is 14.9 Å². The lowest BCUT2D eigenvalue weighted by molar-refractivity contribution is -0.385. The van der Waals surface area contributed by atoms with Crippen LogP contribution in [0.3, 0.4) is 0 Å². The third-order valence-electron chi connectivity index (χ3n) is 3.57. The van der Waals surface area contributed by atoms with Gasteiger partial charge in [-0.05, 0) is 19.4 Å². The van der Waals surface area contributed by atoms with Crippen LogP contribution in [-0.2, 0) is 4.74 Å². The first kappa shape index (κ1) is 14.3. The van der Waals surface area contributed by atoms with E-state index in [9.17, 15) is 14.9 Å².